The minimum Gasteiger partial charge on any atom is -0.330 e. The topological polar surface area (TPSA) is 50.8 Å². The summed E-state index contributed by atoms with van der Waals surface area (Å²) in [5.41, 5.74) is 2.78. The Morgan fingerprint density at radius 2 is 1.89 bits per heavy atom. The van der Waals surface area contributed by atoms with Gasteiger partial charge in [0.2, 0.25) is 0 Å². The fourth-order valence-electron chi connectivity index (χ4n) is 2.18. The number of benzene rings is 1. The summed E-state index contributed by atoms with van der Waals surface area (Å²) in [6, 6.07) is 12.2. The van der Waals surface area contributed by atoms with Gasteiger partial charge in [-0.25, -0.2) is 0 Å². The van der Waals surface area contributed by atoms with Gasteiger partial charge in [-0.05, 0) is 43.5 Å². The Balaban J connectivity index is 2.38. The number of allylic oxidation sites excluding steroid dienone is 2. The first kappa shape index (κ1) is 12.7. The van der Waals surface area contributed by atoms with Crippen molar-refractivity contribution in [2.75, 3.05) is 11.4 Å². The molecule has 4 heteroatoms. The zero-order valence-electron chi connectivity index (χ0n) is 9.86. The molecule has 0 N–H and O–H groups in total. The van der Waals surface area contributed by atoms with Gasteiger partial charge in [0, 0.05) is 21.4 Å². The molecule has 0 atom stereocenters. The first-order valence-electron chi connectivity index (χ1n) is 5.78. The zero-order valence-corrected chi connectivity index (χ0v) is 11.4. The van der Waals surface area contributed by atoms with Crippen molar-refractivity contribution in [3.05, 3.63) is 40.0 Å². The van der Waals surface area contributed by atoms with Gasteiger partial charge in [-0.1, -0.05) is 15.9 Å². The van der Waals surface area contributed by atoms with Gasteiger partial charge in [0.25, 0.3) is 0 Å². The number of hydrogen-bond donors (Lipinski definition) is 0. The Morgan fingerprint density at radius 3 is 2.50 bits per heavy atom. The van der Waals surface area contributed by atoms with Crippen molar-refractivity contribution >= 4 is 21.6 Å². The van der Waals surface area contributed by atoms with Crippen molar-refractivity contribution in [2.45, 2.75) is 19.3 Å². The molecule has 90 valence electrons. The SMILES string of the molecule is N#CCN(C1=C(C#N)CCC1)c1ccc(Br)cc1. The summed E-state index contributed by atoms with van der Waals surface area (Å²) >= 11 is 3.39. The van der Waals surface area contributed by atoms with Gasteiger partial charge in [0.05, 0.1) is 12.1 Å². The molecule has 0 saturated carbocycles. The quantitative estimate of drug-likeness (QED) is 0.799. The summed E-state index contributed by atoms with van der Waals surface area (Å²) in [6.07, 6.45) is 2.70. The number of hydrogen-bond acceptors (Lipinski definition) is 3. The lowest BCUT2D eigenvalue weighted by Crippen LogP contribution is -2.22. The Bertz CT molecular complexity index is 546. The second kappa shape index (κ2) is 5.71. The number of nitriles is 2. The lowest BCUT2D eigenvalue weighted by Gasteiger charge is -2.23. The average molecular weight is 302 g/mol. The molecule has 0 bridgehead atoms. The molecule has 0 aliphatic heterocycles. The van der Waals surface area contributed by atoms with Crippen LogP contribution in [0.4, 0.5) is 5.69 Å². The highest BCUT2D eigenvalue weighted by atomic mass is 79.9. The van der Waals surface area contributed by atoms with E-state index in [4.69, 9.17) is 10.5 Å². The summed E-state index contributed by atoms with van der Waals surface area (Å²) in [7, 11) is 0. The number of nitrogens with zero attached hydrogens (tertiary/aromatic N) is 3. The standard InChI is InChI=1S/C14H12BrN3/c15-12-4-6-13(7-5-12)18(9-8-16)14-3-1-2-11(14)10-17/h4-7H,1-3,9H2. The fourth-order valence-corrected chi connectivity index (χ4v) is 2.44. The van der Waals surface area contributed by atoms with E-state index in [1.807, 2.05) is 29.2 Å². The van der Waals surface area contributed by atoms with E-state index in [0.717, 1.165) is 40.7 Å². The molecule has 1 aromatic carbocycles. The molecule has 0 aromatic heterocycles. The van der Waals surface area contributed by atoms with Crippen molar-refractivity contribution < 1.29 is 0 Å². The van der Waals surface area contributed by atoms with Crippen LogP contribution in [0.1, 0.15) is 19.3 Å². The van der Waals surface area contributed by atoms with Crippen LogP contribution >= 0.6 is 15.9 Å². The van der Waals surface area contributed by atoms with Gasteiger partial charge in [-0.3, -0.25) is 0 Å². The van der Waals surface area contributed by atoms with Crippen LogP contribution in [0.5, 0.6) is 0 Å². The predicted octanol–water partition coefficient (Wildman–Crippen LogP) is 3.74. The van der Waals surface area contributed by atoms with E-state index in [-0.39, 0.29) is 6.54 Å². The van der Waals surface area contributed by atoms with Gasteiger partial charge in [0.1, 0.15) is 6.54 Å². The van der Waals surface area contributed by atoms with E-state index in [9.17, 15) is 0 Å². The molecule has 18 heavy (non-hydrogen) atoms. The molecule has 0 amide bonds. The maximum Gasteiger partial charge on any atom is 0.110 e. The molecular formula is C14H12BrN3. The number of anilines is 1. The minimum absolute atomic E-state index is 0.280. The van der Waals surface area contributed by atoms with Crippen molar-refractivity contribution in [3.63, 3.8) is 0 Å². The highest BCUT2D eigenvalue weighted by Crippen LogP contribution is 2.32. The maximum absolute atomic E-state index is 9.12. The van der Waals surface area contributed by atoms with Crippen LogP contribution in [-0.4, -0.2) is 6.54 Å². The second-order valence-corrected chi connectivity index (χ2v) is 5.03. The zero-order chi connectivity index (χ0) is 13.0. The molecule has 0 heterocycles. The number of halogens is 1. The van der Waals surface area contributed by atoms with Crippen LogP contribution in [0, 0.1) is 22.7 Å². The smallest absolute Gasteiger partial charge is 0.110 e. The lowest BCUT2D eigenvalue weighted by atomic mass is 10.2. The van der Waals surface area contributed by atoms with Crippen molar-refractivity contribution in [3.8, 4) is 12.1 Å². The molecule has 1 aliphatic carbocycles. The molecule has 1 aromatic rings. The normalized spacial score (nSPS) is 14.2. The molecule has 2 rings (SSSR count). The van der Waals surface area contributed by atoms with E-state index in [1.54, 1.807) is 0 Å². The van der Waals surface area contributed by atoms with E-state index in [0.29, 0.717) is 0 Å². The van der Waals surface area contributed by atoms with E-state index in [2.05, 4.69) is 28.1 Å². The third-order valence-electron chi connectivity index (χ3n) is 3.02. The summed E-state index contributed by atoms with van der Waals surface area (Å²) in [5, 5.41) is 18.1. The molecular weight excluding hydrogens is 290 g/mol. The summed E-state index contributed by atoms with van der Waals surface area (Å²) in [6.45, 7) is 0.280. The Kier molecular flexibility index (Phi) is 4.02. The first-order valence-corrected chi connectivity index (χ1v) is 6.57. The third kappa shape index (κ3) is 2.55. The van der Waals surface area contributed by atoms with Gasteiger partial charge < -0.3 is 4.90 Å². The molecule has 0 saturated heterocycles. The second-order valence-electron chi connectivity index (χ2n) is 4.11. The molecule has 3 nitrogen and oxygen atoms in total. The highest BCUT2D eigenvalue weighted by molar-refractivity contribution is 9.10. The molecule has 0 radical (unpaired) electrons. The van der Waals surface area contributed by atoms with E-state index < -0.39 is 0 Å². The average Bonchev–Trinajstić information content (AvgIpc) is 2.85. The highest BCUT2D eigenvalue weighted by Gasteiger charge is 2.21. The molecule has 0 fully saturated rings. The summed E-state index contributed by atoms with van der Waals surface area (Å²) in [5.74, 6) is 0. The van der Waals surface area contributed by atoms with E-state index >= 15 is 0 Å². The van der Waals surface area contributed by atoms with Crippen LogP contribution in [0.25, 0.3) is 0 Å². The lowest BCUT2D eigenvalue weighted by molar-refractivity contribution is 0.865. The maximum atomic E-state index is 9.12. The van der Waals surface area contributed by atoms with Crippen molar-refractivity contribution in [1.29, 1.82) is 10.5 Å². The van der Waals surface area contributed by atoms with Crippen molar-refractivity contribution in [2.24, 2.45) is 0 Å². The molecule has 0 unspecified atom stereocenters. The van der Waals surface area contributed by atoms with E-state index in [1.165, 1.54) is 0 Å². The van der Waals surface area contributed by atoms with Gasteiger partial charge >= 0.3 is 0 Å². The predicted molar refractivity (Wildman–Crippen MR) is 73.6 cm³/mol. The van der Waals surface area contributed by atoms with Crippen LogP contribution in [0.2, 0.25) is 0 Å². The van der Waals surface area contributed by atoms with Gasteiger partial charge in [-0.2, -0.15) is 10.5 Å². The minimum atomic E-state index is 0.280. The Hall–Kier alpha value is -1.78. The molecule has 0 spiro atoms. The van der Waals surface area contributed by atoms with Crippen LogP contribution in [0.3, 0.4) is 0 Å². The fraction of sp³-hybridized carbons (Fsp3) is 0.286. The first-order chi connectivity index (χ1) is 8.76. The van der Waals surface area contributed by atoms with Crippen molar-refractivity contribution in [1.82, 2.24) is 0 Å². The molecule has 1 aliphatic rings. The van der Waals surface area contributed by atoms with Crippen LogP contribution < -0.4 is 4.90 Å². The van der Waals surface area contributed by atoms with Gasteiger partial charge in [-0.15, -0.1) is 0 Å². The largest absolute Gasteiger partial charge is 0.330 e. The summed E-state index contributed by atoms with van der Waals surface area (Å²) < 4.78 is 1.00. The Morgan fingerprint density at radius 1 is 1.17 bits per heavy atom. The van der Waals surface area contributed by atoms with Gasteiger partial charge in [0.15, 0.2) is 0 Å². The number of rotatable bonds is 3. The Labute approximate surface area is 115 Å². The van der Waals surface area contributed by atoms with Crippen LogP contribution in [-0.2, 0) is 0 Å². The monoisotopic (exact) mass is 301 g/mol. The third-order valence-corrected chi connectivity index (χ3v) is 3.55. The summed E-state index contributed by atoms with van der Waals surface area (Å²) in [4.78, 5) is 1.94. The van der Waals surface area contributed by atoms with Crippen LogP contribution in [0.15, 0.2) is 40.0 Å².